The number of nitrogens with zero attached hydrogens (tertiary/aromatic N) is 3. The van der Waals surface area contributed by atoms with Gasteiger partial charge in [0.1, 0.15) is 12.2 Å². The van der Waals surface area contributed by atoms with Crippen molar-refractivity contribution in [3.05, 3.63) is 71.1 Å². The average molecular weight is 717 g/mol. The van der Waals surface area contributed by atoms with Crippen LogP contribution in [0.5, 0.6) is 0 Å². The lowest BCUT2D eigenvalue weighted by molar-refractivity contribution is -1.04. The van der Waals surface area contributed by atoms with Gasteiger partial charge in [0.25, 0.3) is 10.0 Å². The Morgan fingerprint density at radius 1 is 1.04 bits per heavy atom. The lowest BCUT2D eigenvalue weighted by Crippen LogP contribution is -3.21. The van der Waals surface area contributed by atoms with Gasteiger partial charge in [-0.2, -0.15) is 23.6 Å². The van der Waals surface area contributed by atoms with Crippen LogP contribution in [0.4, 0.5) is 22.8 Å². The molecule has 0 aliphatic heterocycles. The predicted octanol–water partition coefficient (Wildman–Crippen LogP) is 4.02. The maximum absolute atomic E-state index is 13.5. The molecular weight excluding hydrogens is 677 g/mol. The van der Waals surface area contributed by atoms with Crippen molar-refractivity contribution in [2.24, 2.45) is 0 Å². The fraction of sp³-hybridized carbons (Fsp3) is 0.433. The summed E-state index contributed by atoms with van der Waals surface area (Å²) in [5.74, 6) is 0. The summed E-state index contributed by atoms with van der Waals surface area (Å²) in [5.41, 5.74) is 1.80. The van der Waals surface area contributed by atoms with Crippen LogP contribution in [-0.4, -0.2) is 66.5 Å². The standard InChI is InChI=1S/C30H39F3N6O9S/c1-19(2)37(39(42)36-48-21(4)46-28(41)47-29(5,6)7)16-17-45-27(40)35-49(43,44)24-14-12-23(13-15-24)38-25(18-26(34-38)30(31,32)33)22-10-8-20(3)9-11-22/h8-15,18-19,21,36,39H,16-17H2,1-7H3,(H,35,40). The van der Waals surface area contributed by atoms with Gasteiger partial charge >= 0.3 is 18.4 Å². The summed E-state index contributed by atoms with van der Waals surface area (Å²) >= 11 is 0. The topological polar surface area (TPSA) is 178 Å². The summed E-state index contributed by atoms with van der Waals surface area (Å²) in [6, 6.07) is 11.9. The largest absolute Gasteiger partial charge is 0.591 e. The molecule has 1 amide bonds. The molecule has 3 N–H and O–H groups in total. The molecule has 0 spiro atoms. The molecule has 0 aliphatic rings. The molecule has 2 atom stereocenters. The van der Waals surface area contributed by atoms with Crippen molar-refractivity contribution in [1.82, 2.24) is 25.1 Å². The number of sulfonamides is 1. The van der Waals surface area contributed by atoms with Crippen molar-refractivity contribution >= 4 is 22.3 Å². The van der Waals surface area contributed by atoms with Gasteiger partial charge in [-0.25, -0.2) is 32.2 Å². The molecular formula is C30H39F3N6O9S. The van der Waals surface area contributed by atoms with Gasteiger partial charge in [0.05, 0.1) is 28.9 Å². The van der Waals surface area contributed by atoms with E-state index in [4.69, 9.17) is 19.0 Å². The van der Waals surface area contributed by atoms with Crippen molar-refractivity contribution in [2.75, 3.05) is 13.2 Å². The predicted molar refractivity (Wildman–Crippen MR) is 168 cm³/mol. The first-order valence-corrected chi connectivity index (χ1v) is 16.3. The number of quaternary nitrogens is 1. The zero-order valence-corrected chi connectivity index (χ0v) is 28.6. The minimum absolute atomic E-state index is 0.129. The maximum atomic E-state index is 13.5. The van der Waals surface area contributed by atoms with E-state index in [1.807, 2.05) is 6.92 Å². The number of halogens is 3. The molecule has 49 heavy (non-hydrogen) atoms. The number of carbonyl (C=O) groups excluding carboxylic acids is 2. The van der Waals surface area contributed by atoms with Gasteiger partial charge in [0, 0.05) is 12.5 Å². The van der Waals surface area contributed by atoms with Gasteiger partial charge in [-0.15, -0.1) is 5.01 Å². The van der Waals surface area contributed by atoms with E-state index in [1.54, 1.807) is 63.6 Å². The Balaban J connectivity index is 1.60. The number of alkyl halides is 3. The number of carbonyl (C=O) groups is 2. The molecule has 2 unspecified atom stereocenters. The second kappa shape index (κ2) is 16.0. The molecule has 1 aromatic heterocycles. The van der Waals surface area contributed by atoms with Gasteiger partial charge in [-0.1, -0.05) is 29.8 Å². The maximum Gasteiger partial charge on any atom is 0.511 e. The van der Waals surface area contributed by atoms with Crippen LogP contribution in [0.2, 0.25) is 0 Å². The van der Waals surface area contributed by atoms with Crippen LogP contribution in [0.15, 0.2) is 59.5 Å². The van der Waals surface area contributed by atoms with Crippen molar-refractivity contribution in [3.8, 4) is 16.9 Å². The lowest BCUT2D eigenvalue weighted by Gasteiger charge is -2.35. The molecule has 19 heteroatoms. The molecule has 3 aromatic rings. The van der Waals surface area contributed by atoms with E-state index in [1.165, 1.54) is 24.1 Å². The Hall–Kier alpha value is -4.27. The molecule has 0 fully saturated rings. The van der Waals surface area contributed by atoms with Gasteiger partial charge in [-0.05, 0) is 77.5 Å². The van der Waals surface area contributed by atoms with Crippen molar-refractivity contribution < 1.29 is 55.5 Å². The second-order valence-corrected chi connectivity index (χ2v) is 13.6. The number of nitrogens with one attached hydrogen (secondary N) is 3. The molecule has 270 valence electrons. The zero-order chi connectivity index (χ0) is 36.7. The van der Waals surface area contributed by atoms with Gasteiger partial charge in [-0.3, -0.25) is 0 Å². The first-order valence-electron chi connectivity index (χ1n) is 14.8. The minimum atomic E-state index is -4.72. The van der Waals surface area contributed by atoms with Crippen LogP contribution in [-0.2, 0) is 35.2 Å². The lowest BCUT2D eigenvalue weighted by atomic mass is 10.1. The second-order valence-electron chi connectivity index (χ2n) is 11.9. The van der Waals surface area contributed by atoms with Gasteiger partial charge in [0.2, 0.25) is 6.29 Å². The Morgan fingerprint density at radius 3 is 2.20 bits per heavy atom. The van der Waals surface area contributed by atoms with E-state index in [0.717, 1.165) is 28.4 Å². The van der Waals surface area contributed by atoms with Crippen molar-refractivity contribution in [2.45, 2.75) is 77.5 Å². The number of aromatic nitrogens is 2. The van der Waals surface area contributed by atoms with E-state index in [-0.39, 0.29) is 22.8 Å². The van der Waals surface area contributed by atoms with Gasteiger partial charge in [0.15, 0.2) is 5.69 Å². The summed E-state index contributed by atoms with van der Waals surface area (Å²) in [6.07, 6.45) is -8.28. The third-order valence-corrected chi connectivity index (χ3v) is 7.70. The van der Waals surface area contributed by atoms with E-state index < -0.39 is 64.0 Å². The quantitative estimate of drug-likeness (QED) is 0.132. The molecule has 0 bridgehead atoms. The summed E-state index contributed by atoms with van der Waals surface area (Å²) in [4.78, 5) is 28.7. The van der Waals surface area contributed by atoms with E-state index in [9.17, 15) is 36.4 Å². The van der Waals surface area contributed by atoms with E-state index in [2.05, 4.69) is 10.7 Å². The van der Waals surface area contributed by atoms with Crippen molar-refractivity contribution in [1.29, 1.82) is 0 Å². The third kappa shape index (κ3) is 11.7. The van der Waals surface area contributed by atoms with Crippen molar-refractivity contribution in [3.63, 3.8) is 0 Å². The number of benzene rings is 2. The number of aryl methyl sites for hydroxylation is 1. The highest BCUT2D eigenvalue weighted by atomic mass is 32.2. The summed E-state index contributed by atoms with van der Waals surface area (Å²) in [6.45, 7) is 10.8. The molecule has 0 radical (unpaired) electrons. The molecule has 0 saturated carbocycles. The average Bonchev–Trinajstić information content (AvgIpc) is 3.43. The van der Waals surface area contributed by atoms with E-state index in [0.29, 0.717) is 5.56 Å². The van der Waals surface area contributed by atoms with Crippen LogP contribution in [0.25, 0.3) is 16.9 Å². The monoisotopic (exact) mass is 716 g/mol. The smallest absolute Gasteiger partial charge is 0.511 e. The number of hydrogen-bond acceptors (Lipinski definition) is 12. The fourth-order valence-corrected chi connectivity index (χ4v) is 4.96. The Kier molecular flexibility index (Phi) is 12.8. The Labute approximate surface area is 281 Å². The molecule has 2 aromatic carbocycles. The Bertz CT molecular complexity index is 1680. The summed E-state index contributed by atoms with van der Waals surface area (Å²) in [7, 11) is -4.47. The molecule has 0 saturated heterocycles. The Morgan fingerprint density at radius 2 is 1.65 bits per heavy atom. The molecule has 1 heterocycles. The van der Waals surface area contributed by atoms with Gasteiger partial charge < -0.3 is 19.4 Å². The molecule has 15 nitrogen and oxygen atoms in total. The zero-order valence-electron chi connectivity index (χ0n) is 27.8. The minimum Gasteiger partial charge on any atom is -0.591 e. The van der Waals surface area contributed by atoms with Crippen LogP contribution in [0.3, 0.4) is 0 Å². The van der Waals surface area contributed by atoms with Crippen LogP contribution in [0, 0.1) is 12.1 Å². The summed E-state index contributed by atoms with van der Waals surface area (Å²) < 4.78 is 83.9. The van der Waals surface area contributed by atoms with Crippen LogP contribution >= 0.6 is 0 Å². The number of amides is 1. The first-order chi connectivity index (χ1) is 22.7. The fourth-order valence-electron chi connectivity index (χ4n) is 4.07. The normalized spacial score (nSPS) is 13.7. The first kappa shape index (κ1) is 39.2. The summed E-state index contributed by atoms with van der Waals surface area (Å²) in [5, 5.41) is 16.7. The number of hydrogen-bond donors (Lipinski definition) is 3. The number of ether oxygens (including phenoxy) is 3. The van der Waals surface area contributed by atoms with Crippen LogP contribution < -0.4 is 15.6 Å². The molecule has 0 aliphatic carbocycles. The highest BCUT2D eigenvalue weighted by Gasteiger charge is 2.35. The third-order valence-electron chi connectivity index (χ3n) is 6.37. The number of rotatable bonds is 13. The van der Waals surface area contributed by atoms with Crippen LogP contribution in [0.1, 0.15) is 52.8 Å². The van der Waals surface area contributed by atoms with E-state index >= 15 is 0 Å². The SMILES string of the molecule is Cc1ccc(-c2cc(C(F)(F)F)nn2-c2ccc(S(=O)(=O)NC(=O)OCCN(C(C)C)[NH+]([O-])NOC(C)OC(=O)OC(C)(C)C)cc2)cc1. The highest BCUT2D eigenvalue weighted by Crippen LogP contribution is 2.33. The highest BCUT2D eigenvalue weighted by molar-refractivity contribution is 7.90. The molecule has 3 rings (SSSR count).